The van der Waals surface area contributed by atoms with E-state index >= 15 is 0 Å². The van der Waals surface area contributed by atoms with Crippen LogP contribution in [0.15, 0.2) is 42.6 Å². The minimum Gasteiger partial charge on any atom is -0.481 e. The van der Waals surface area contributed by atoms with E-state index in [2.05, 4.69) is 4.90 Å². The van der Waals surface area contributed by atoms with Gasteiger partial charge in [0.05, 0.1) is 22.2 Å². The van der Waals surface area contributed by atoms with E-state index in [0.29, 0.717) is 36.5 Å². The lowest BCUT2D eigenvalue weighted by atomic mass is 9.98. The number of hydrogen-bond acceptors (Lipinski definition) is 6. The molecule has 1 atom stereocenters. The summed E-state index contributed by atoms with van der Waals surface area (Å²) in [6.45, 7) is 1.80. The third-order valence-electron chi connectivity index (χ3n) is 5.32. The normalized spacial score (nSPS) is 17.4. The summed E-state index contributed by atoms with van der Waals surface area (Å²) in [6.07, 6.45) is 3.30. The van der Waals surface area contributed by atoms with Crippen molar-refractivity contribution in [1.82, 2.24) is 14.3 Å². The zero-order valence-electron chi connectivity index (χ0n) is 15.7. The zero-order valence-corrected chi connectivity index (χ0v) is 15.7. The number of likely N-dealkylation sites (tertiary alicyclic amines) is 1. The molecule has 1 saturated heterocycles. The second kappa shape index (κ2) is 7.51. The monoisotopic (exact) mass is 395 g/mol. The van der Waals surface area contributed by atoms with E-state index in [4.69, 9.17) is 10.7 Å². The van der Waals surface area contributed by atoms with Crippen molar-refractivity contribution in [3.8, 4) is 11.3 Å². The standard InChI is InChI=1S/C20H21N5O4/c21-15-5-8-18-22-19(13-3-6-16(7-4-13)25(28)29)17(24(18)11-15)12-23-9-1-2-14(10-23)20(26)27/h3-8,11,14H,1-2,9-10,12,21H2,(H,26,27). The lowest BCUT2D eigenvalue weighted by Gasteiger charge is -2.30. The molecule has 4 rings (SSSR count). The van der Waals surface area contributed by atoms with Gasteiger partial charge in [-0.1, -0.05) is 0 Å². The number of hydrogen-bond donors (Lipinski definition) is 2. The number of fused-ring (bicyclic) bond motifs is 1. The van der Waals surface area contributed by atoms with E-state index in [9.17, 15) is 20.0 Å². The van der Waals surface area contributed by atoms with Gasteiger partial charge in [0.1, 0.15) is 5.65 Å². The molecule has 29 heavy (non-hydrogen) atoms. The highest BCUT2D eigenvalue weighted by atomic mass is 16.6. The molecule has 1 aromatic carbocycles. The predicted molar refractivity (Wildman–Crippen MR) is 107 cm³/mol. The number of benzene rings is 1. The Hall–Kier alpha value is -3.46. The Balaban J connectivity index is 1.74. The van der Waals surface area contributed by atoms with Crippen LogP contribution in [0, 0.1) is 16.0 Å². The van der Waals surface area contributed by atoms with Crippen LogP contribution in [-0.4, -0.2) is 43.4 Å². The van der Waals surface area contributed by atoms with Crippen LogP contribution in [0.1, 0.15) is 18.5 Å². The highest BCUT2D eigenvalue weighted by Crippen LogP contribution is 2.29. The van der Waals surface area contributed by atoms with Crippen molar-refractivity contribution in [3.63, 3.8) is 0 Å². The Labute approximate surface area is 166 Å². The van der Waals surface area contributed by atoms with E-state index in [-0.39, 0.29) is 11.6 Å². The maximum atomic E-state index is 11.4. The van der Waals surface area contributed by atoms with E-state index < -0.39 is 10.9 Å². The van der Waals surface area contributed by atoms with Gasteiger partial charge >= 0.3 is 5.97 Å². The van der Waals surface area contributed by atoms with Gasteiger partial charge in [0, 0.05) is 42.7 Å². The first-order valence-electron chi connectivity index (χ1n) is 9.39. The van der Waals surface area contributed by atoms with Crippen LogP contribution in [0.4, 0.5) is 11.4 Å². The zero-order chi connectivity index (χ0) is 20.5. The molecule has 3 N–H and O–H groups in total. The molecule has 0 saturated carbocycles. The second-order valence-corrected chi connectivity index (χ2v) is 7.31. The number of aliphatic carboxylic acids is 1. The number of carbonyl (C=O) groups is 1. The molecule has 3 aromatic rings. The number of rotatable bonds is 5. The lowest BCUT2D eigenvalue weighted by Crippen LogP contribution is -2.38. The van der Waals surface area contributed by atoms with Gasteiger partial charge in [0.15, 0.2) is 0 Å². The number of nitrogen functional groups attached to an aromatic ring is 1. The van der Waals surface area contributed by atoms with E-state index in [1.807, 2.05) is 10.5 Å². The number of nitrogens with zero attached hydrogens (tertiary/aromatic N) is 4. The van der Waals surface area contributed by atoms with Crippen LogP contribution in [0.25, 0.3) is 16.9 Å². The number of carboxylic acid groups (broad SMARTS) is 1. The molecule has 2 aromatic heterocycles. The van der Waals surface area contributed by atoms with E-state index in [1.165, 1.54) is 12.1 Å². The van der Waals surface area contributed by atoms with Gasteiger partial charge in [-0.15, -0.1) is 0 Å². The van der Waals surface area contributed by atoms with Crippen molar-refractivity contribution in [2.75, 3.05) is 18.8 Å². The molecular weight excluding hydrogens is 374 g/mol. The van der Waals surface area contributed by atoms with Crippen LogP contribution < -0.4 is 5.73 Å². The molecule has 9 nitrogen and oxygen atoms in total. The molecule has 0 spiro atoms. The first-order chi connectivity index (χ1) is 13.9. The summed E-state index contributed by atoms with van der Waals surface area (Å²) in [6, 6.07) is 9.88. The maximum Gasteiger partial charge on any atom is 0.307 e. The first kappa shape index (κ1) is 18.9. The number of piperidine rings is 1. The fourth-order valence-corrected chi connectivity index (χ4v) is 3.85. The molecule has 0 aliphatic carbocycles. The number of non-ortho nitro benzene ring substituents is 1. The van der Waals surface area contributed by atoms with Crippen molar-refractivity contribution in [1.29, 1.82) is 0 Å². The van der Waals surface area contributed by atoms with Gasteiger partial charge < -0.3 is 15.2 Å². The molecule has 0 amide bonds. The third-order valence-corrected chi connectivity index (χ3v) is 5.32. The Kier molecular flexibility index (Phi) is 4.89. The van der Waals surface area contributed by atoms with Crippen LogP contribution in [-0.2, 0) is 11.3 Å². The van der Waals surface area contributed by atoms with Crippen molar-refractivity contribution in [2.24, 2.45) is 5.92 Å². The summed E-state index contributed by atoms with van der Waals surface area (Å²) in [7, 11) is 0. The van der Waals surface area contributed by atoms with Crippen LogP contribution >= 0.6 is 0 Å². The van der Waals surface area contributed by atoms with Crippen molar-refractivity contribution in [2.45, 2.75) is 19.4 Å². The average Bonchev–Trinajstić information content (AvgIpc) is 3.06. The van der Waals surface area contributed by atoms with Gasteiger partial charge in [-0.05, 0) is 43.7 Å². The minimum atomic E-state index is -0.771. The summed E-state index contributed by atoms with van der Waals surface area (Å²) >= 11 is 0. The topological polar surface area (TPSA) is 127 Å². The number of nitro benzene ring substituents is 1. The smallest absolute Gasteiger partial charge is 0.307 e. The Morgan fingerprint density at radius 3 is 2.72 bits per heavy atom. The molecule has 150 valence electrons. The van der Waals surface area contributed by atoms with Gasteiger partial charge in [-0.25, -0.2) is 4.98 Å². The highest BCUT2D eigenvalue weighted by molar-refractivity contribution is 5.70. The largest absolute Gasteiger partial charge is 0.481 e. The summed E-state index contributed by atoms with van der Waals surface area (Å²) in [5.41, 5.74) is 9.66. The summed E-state index contributed by atoms with van der Waals surface area (Å²) in [4.78, 5) is 28.8. The molecule has 1 aliphatic heterocycles. The molecule has 9 heteroatoms. The number of anilines is 1. The third kappa shape index (κ3) is 3.77. The maximum absolute atomic E-state index is 11.4. The van der Waals surface area contributed by atoms with Gasteiger partial charge in [-0.2, -0.15) is 0 Å². The minimum absolute atomic E-state index is 0.0173. The van der Waals surface area contributed by atoms with Crippen LogP contribution in [0.5, 0.6) is 0 Å². The fraction of sp³-hybridized carbons (Fsp3) is 0.300. The van der Waals surface area contributed by atoms with Crippen molar-refractivity contribution in [3.05, 3.63) is 58.4 Å². The quantitative estimate of drug-likeness (QED) is 0.502. The van der Waals surface area contributed by atoms with Crippen molar-refractivity contribution >= 4 is 23.0 Å². The Morgan fingerprint density at radius 1 is 1.28 bits per heavy atom. The number of imidazole rings is 1. The Bertz CT molecular complexity index is 1080. The molecule has 1 unspecified atom stereocenters. The fourth-order valence-electron chi connectivity index (χ4n) is 3.85. The summed E-state index contributed by atoms with van der Waals surface area (Å²) in [5.74, 6) is -1.15. The van der Waals surface area contributed by atoms with E-state index in [0.717, 1.165) is 24.2 Å². The van der Waals surface area contributed by atoms with Crippen molar-refractivity contribution < 1.29 is 14.8 Å². The molecule has 1 fully saturated rings. The lowest BCUT2D eigenvalue weighted by molar-refractivity contribution is -0.384. The molecule has 0 radical (unpaired) electrons. The van der Waals surface area contributed by atoms with Gasteiger partial charge in [-0.3, -0.25) is 19.8 Å². The second-order valence-electron chi connectivity index (χ2n) is 7.31. The first-order valence-corrected chi connectivity index (χ1v) is 9.39. The average molecular weight is 395 g/mol. The highest BCUT2D eigenvalue weighted by Gasteiger charge is 2.27. The van der Waals surface area contributed by atoms with E-state index in [1.54, 1.807) is 24.4 Å². The molecule has 3 heterocycles. The number of nitro groups is 1. The number of nitrogens with two attached hydrogens (primary N) is 1. The number of pyridine rings is 1. The SMILES string of the molecule is Nc1ccc2nc(-c3ccc([N+](=O)[O-])cc3)c(CN3CCCC(C(=O)O)C3)n2c1. The number of carboxylic acids is 1. The predicted octanol–water partition coefficient (Wildman–Crippen LogP) is 2.79. The Morgan fingerprint density at radius 2 is 2.03 bits per heavy atom. The molecular formula is C20H21N5O4. The summed E-state index contributed by atoms with van der Waals surface area (Å²) in [5, 5.41) is 20.3. The van der Waals surface area contributed by atoms with Gasteiger partial charge in [0.2, 0.25) is 0 Å². The molecule has 0 bridgehead atoms. The van der Waals surface area contributed by atoms with Crippen LogP contribution in [0.3, 0.4) is 0 Å². The molecule has 1 aliphatic rings. The number of aromatic nitrogens is 2. The van der Waals surface area contributed by atoms with Gasteiger partial charge in [0.25, 0.3) is 5.69 Å². The summed E-state index contributed by atoms with van der Waals surface area (Å²) < 4.78 is 1.91. The van der Waals surface area contributed by atoms with Crippen LogP contribution in [0.2, 0.25) is 0 Å².